The zero-order valence-electron chi connectivity index (χ0n) is 20.1. The lowest BCUT2D eigenvalue weighted by Gasteiger charge is -2.29. The first-order valence-electron chi connectivity index (χ1n) is 12.5. The number of methoxy groups -OCH3 is 1. The number of unbranched alkanes of at least 4 members (excludes halogenated alkanes) is 4. The van der Waals surface area contributed by atoms with Crippen molar-refractivity contribution in [2.45, 2.75) is 90.4 Å². The number of aryl methyl sites for hydroxylation is 1. The molecule has 2 aromatic rings. The van der Waals surface area contributed by atoms with Crippen LogP contribution in [0.5, 0.6) is 5.75 Å². The Hall–Kier alpha value is -2.34. The van der Waals surface area contributed by atoms with Crippen molar-refractivity contribution < 1.29 is 9.13 Å². The van der Waals surface area contributed by atoms with Crippen LogP contribution in [-0.2, 0) is 6.42 Å². The highest BCUT2D eigenvalue weighted by molar-refractivity contribution is 5.77. The predicted molar refractivity (Wildman–Crippen MR) is 131 cm³/mol. The maximum absolute atomic E-state index is 14.8. The molecule has 172 valence electrons. The first kappa shape index (κ1) is 24.3. The lowest BCUT2D eigenvalue weighted by Crippen LogP contribution is -2.13. The highest BCUT2D eigenvalue weighted by atomic mass is 19.1. The molecule has 3 rings (SSSR count). The van der Waals surface area contributed by atoms with E-state index in [1.54, 1.807) is 6.07 Å². The fourth-order valence-electron chi connectivity index (χ4n) is 5.25. The van der Waals surface area contributed by atoms with E-state index in [2.05, 4.69) is 19.1 Å². The molecule has 3 heteroatoms. The fourth-order valence-corrected chi connectivity index (χ4v) is 5.25. The van der Waals surface area contributed by atoms with E-state index >= 15 is 0 Å². The third-order valence-corrected chi connectivity index (χ3v) is 7.25. The van der Waals surface area contributed by atoms with E-state index in [0.717, 1.165) is 11.5 Å². The van der Waals surface area contributed by atoms with Gasteiger partial charge in [0, 0.05) is 11.1 Å². The molecule has 0 bridgehead atoms. The Labute approximate surface area is 193 Å². The number of rotatable bonds is 10. The lowest BCUT2D eigenvalue weighted by molar-refractivity contribution is 0.302. The molecule has 1 saturated carbocycles. The molecule has 32 heavy (non-hydrogen) atoms. The Kier molecular flexibility index (Phi) is 9.15. The minimum Gasteiger partial charge on any atom is -0.493 e. The minimum absolute atomic E-state index is 0.230. The van der Waals surface area contributed by atoms with Gasteiger partial charge in [-0.1, -0.05) is 76.6 Å². The summed E-state index contributed by atoms with van der Waals surface area (Å²) in [4.78, 5) is 0. The number of nitrogens with zero attached hydrogens (tertiary/aromatic N) is 1. The van der Waals surface area contributed by atoms with E-state index in [9.17, 15) is 9.65 Å². The second-order valence-electron chi connectivity index (χ2n) is 9.31. The van der Waals surface area contributed by atoms with Crippen molar-refractivity contribution >= 4 is 0 Å². The van der Waals surface area contributed by atoms with Gasteiger partial charge in [0.2, 0.25) is 0 Å². The Morgan fingerprint density at radius 2 is 1.69 bits per heavy atom. The van der Waals surface area contributed by atoms with Crippen molar-refractivity contribution in [2.75, 3.05) is 7.11 Å². The number of hydrogen-bond donors (Lipinski definition) is 0. The molecule has 0 heterocycles. The Morgan fingerprint density at radius 3 is 2.34 bits per heavy atom. The molecule has 0 N–H and O–H groups in total. The van der Waals surface area contributed by atoms with Gasteiger partial charge in [0.1, 0.15) is 0 Å². The van der Waals surface area contributed by atoms with E-state index < -0.39 is 0 Å². The molecule has 0 aliphatic heterocycles. The molecule has 0 saturated heterocycles. The van der Waals surface area contributed by atoms with Gasteiger partial charge in [0.15, 0.2) is 11.6 Å². The smallest absolute Gasteiger partial charge is 0.168 e. The van der Waals surface area contributed by atoms with Crippen LogP contribution < -0.4 is 4.74 Å². The van der Waals surface area contributed by atoms with Crippen LogP contribution in [-0.4, -0.2) is 7.11 Å². The van der Waals surface area contributed by atoms with Crippen molar-refractivity contribution in [3.63, 3.8) is 0 Å². The summed E-state index contributed by atoms with van der Waals surface area (Å²) in [5.41, 5.74) is 3.87. The zero-order valence-corrected chi connectivity index (χ0v) is 20.1. The molecular formula is C29H38FNO. The normalized spacial score (nSPS) is 18.3. The molecule has 0 atom stereocenters. The summed E-state index contributed by atoms with van der Waals surface area (Å²) in [6.07, 6.45) is 13.8. The molecule has 2 aromatic carbocycles. The summed E-state index contributed by atoms with van der Waals surface area (Å²) in [6, 6.07) is 12.2. The number of hydrogen-bond acceptors (Lipinski definition) is 2. The maximum atomic E-state index is 14.8. The van der Waals surface area contributed by atoms with Crippen LogP contribution in [0.15, 0.2) is 30.3 Å². The molecule has 1 fully saturated rings. The SMILES string of the molecule is CCCCCCCC1CCC(c2ccc(-c3ccc(CC)c(F)c3OC)c(C#N)c2)CC1. The molecule has 1 aliphatic carbocycles. The molecule has 0 radical (unpaired) electrons. The van der Waals surface area contributed by atoms with Gasteiger partial charge in [-0.2, -0.15) is 5.26 Å². The summed E-state index contributed by atoms with van der Waals surface area (Å²) in [6.45, 7) is 4.19. The van der Waals surface area contributed by atoms with Crippen LogP contribution in [0, 0.1) is 23.1 Å². The van der Waals surface area contributed by atoms with Crippen LogP contribution in [0.1, 0.15) is 101 Å². The van der Waals surface area contributed by atoms with Crippen LogP contribution in [0.3, 0.4) is 0 Å². The maximum Gasteiger partial charge on any atom is 0.168 e. The highest BCUT2D eigenvalue weighted by Gasteiger charge is 2.24. The average Bonchev–Trinajstić information content (AvgIpc) is 2.83. The van der Waals surface area contributed by atoms with Crippen molar-refractivity contribution in [1.82, 2.24) is 0 Å². The molecule has 2 nitrogen and oxygen atoms in total. The monoisotopic (exact) mass is 435 g/mol. The topological polar surface area (TPSA) is 33.0 Å². The van der Waals surface area contributed by atoms with E-state index in [1.807, 2.05) is 25.1 Å². The number of halogens is 1. The first-order valence-corrected chi connectivity index (χ1v) is 12.5. The van der Waals surface area contributed by atoms with Gasteiger partial charge in [0.25, 0.3) is 0 Å². The Balaban J connectivity index is 1.70. The third-order valence-electron chi connectivity index (χ3n) is 7.25. The minimum atomic E-state index is -0.325. The van der Waals surface area contributed by atoms with Crippen molar-refractivity contribution in [1.29, 1.82) is 5.26 Å². The summed E-state index contributed by atoms with van der Waals surface area (Å²) in [7, 11) is 1.49. The van der Waals surface area contributed by atoms with Crippen molar-refractivity contribution in [2.24, 2.45) is 5.92 Å². The molecule has 0 unspecified atom stereocenters. The average molecular weight is 436 g/mol. The largest absolute Gasteiger partial charge is 0.493 e. The van der Waals surface area contributed by atoms with Crippen molar-refractivity contribution in [3.8, 4) is 22.9 Å². The summed E-state index contributed by atoms with van der Waals surface area (Å²) >= 11 is 0. The molecule has 1 aliphatic rings. The van der Waals surface area contributed by atoms with Crippen LogP contribution in [0.25, 0.3) is 11.1 Å². The summed E-state index contributed by atoms with van der Waals surface area (Å²) in [5, 5.41) is 9.85. The van der Waals surface area contributed by atoms with Gasteiger partial charge in [-0.15, -0.1) is 0 Å². The number of benzene rings is 2. The van der Waals surface area contributed by atoms with E-state index in [0.29, 0.717) is 29.0 Å². The predicted octanol–water partition coefficient (Wildman–Crippen LogP) is 8.57. The van der Waals surface area contributed by atoms with Gasteiger partial charge >= 0.3 is 0 Å². The summed E-state index contributed by atoms with van der Waals surface area (Å²) < 4.78 is 20.2. The molecule has 0 aromatic heterocycles. The third kappa shape index (κ3) is 5.71. The van der Waals surface area contributed by atoms with Gasteiger partial charge in [-0.05, 0) is 61.1 Å². The van der Waals surface area contributed by atoms with Gasteiger partial charge in [-0.3, -0.25) is 0 Å². The Bertz CT molecular complexity index is 921. The van der Waals surface area contributed by atoms with E-state index in [-0.39, 0.29) is 11.6 Å². The molecular weight excluding hydrogens is 397 g/mol. The highest BCUT2D eigenvalue weighted by Crippen LogP contribution is 2.41. The first-order chi connectivity index (χ1) is 15.6. The lowest BCUT2D eigenvalue weighted by atomic mass is 9.76. The molecule has 0 spiro atoms. The standard InChI is InChI=1S/C29H38FNO/c1-4-6-7-8-9-10-21-11-13-23(14-12-21)24-16-17-26(25(19-24)20-31)27-18-15-22(5-2)28(30)29(27)32-3/h15-19,21,23H,4-14H2,1-3H3. The van der Waals surface area contributed by atoms with Gasteiger partial charge in [-0.25, -0.2) is 4.39 Å². The van der Waals surface area contributed by atoms with Crippen LogP contribution in [0.4, 0.5) is 4.39 Å². The fraction of sp³-hybridized carbons (Fsp3) is 0.552. The quantitative estimate of drug-likeness (QED) is 0.350. The van der Waals surface area contributed by atoms with Gasteiger partial charge < -0.3 is 4.74 Å². The van der Waals surface area contributed by atoms with Crippen LogP contribution >= 0.6 is 0 Å². The van der Waals surface area contributed by atoms with E-state index in [1.165, 1.54) is 76.9 Å². The van der Waals surface area contributed by atoms with E-state index in [4.69, 9.17) is 4.74 Å². The second-order valence-corrected chi connectivity index (χ2v) is 9.31. The number of ether oxygens (including phenoxy) is 1. The van der Waals surface area contributed by atoms with Crippen molar-refractivity contribution in [3.05, 3.63) is 52.8 Å². The Morgan fingerprint density at radius 1 is 0.969 bits per heavy atom. The van der Waals surface area contributed by atoms with Crippen LogP contribution in [0.2, 0.25) is 0 Å². The zero-order chi connectivity index (χ0) is 22.9. The molecule has 0 amide bonds. The summed E-state index contributed by atoms with van der Waals surface area (Å²) in [5.74, 6) is 1.29. The van der Waals surface area contributed by atoms with Gasteiger partial charge in [0.05, 0.1) is 18.7 Å². The second kappa shape index (κ2) is 12.0. The number of nitriles is 1.